The molecule has 2 aromatic carbocycles. The lowest BCUT2D eigenvalue weighted by molar-refractivity contribution is 0.0951. The largest absolute Gasteiger partial charge is 0.348 e. The van der Waals surface area contributed by atoms with Crippen molar-refractivity contribution in [3.05, 3.63) is 65.2 Å². The van der Waals surface area contributed by atoms with Gasteiger partial charge in [0.25, 0.3) is 5.91 Å². The topological polar surface area (TPSA) is 75.3 Å². The molecule has 134 valence electrons. The fraction of sp³-hybridized carbons (Fsp3) is 0.316. The minimum atomic E-state index is -3.56. The maximum Gasteiger partial charge on any atom is 0.251 e. The molecule has 25 heavy (non-hydrogen) atoms. The first kappa shape index (κ1) is 19.1. The van der Waals surface area contributed by atoms with Crippen molar-refractivity contribution in [2.24, 2.45) is 0 Å². The van der Waals surface area contributed by atoms with Crippen molar-refractivity contribution in [1.29, 1.82) is 0 Å². The molecule has 2 rings (SSSR count). The van der Waals surface area contributed by atoms with Crippen LogP contribution in [0, 0.1) is 6.92 Å². The van der Waals surface area contributed by atoms with Crippen molar-refractivity contribution in [3.8, 4) is 0 Å². The monoisotopic (exact) mass is 360 g/mol. The van der Waals surface area contributed by atoms with Gasteiger partial charge >= 0.3 is 0 Å². The first-order chi connectivity index (χ1) is 11.8. The van der Waals surface area contributed by atoms with Gasteiger partial charge in [0.2, 0.25) is 10.0 Å². The van der Waals surface area contributed by atoms with Gasteiger partial charge in [-0.15, -0.1) is 0 Å². The average Bonchev–Trinajstić information content (AvgIpc) is 2.60. The predicted molar refractivity (Wildman–Crippen MR) is 98.9 cm³/mol. The summed E-state index contributed by atoms with van der Waals surface area (Å²) in [5.74, 6) is -0.237. The van der Waals surface area contributed by atoms with E-state index in [1.807, 2.05) is 45.0 Å². The smallest absolute Gasteiger partial charge is 0.251 e. The number of carbonyl (C=O) groups is 1. The Bertz CT molecular complexity index is 813. The molecule has 0 aliphatic heterocycles. The third kappa shape index (κ3) is 5.41. The van der Waals surface area contributed by atoms with Gasteiger partial charge in [-0.05, 0) is 50.1 Å². The third-order valence-corrected chi connectivity index (χ3v) is 5.57. The molecule has 1 atom stereocenters. The molecule has 5 nitrogen and oxygen atoms in total. The average molecular weight is 360 g/mol. The number of sulfonamides is 1. The van der Waals surface area contributed by atoms with Crippen LogP contribution in [0.3, 0.4) is 0 Å². The summed E-state index contributed by atoms with van der Waals surface area (Å²) < 4.78 is 27.0. The Morgan fingerprint density at radius 3 is 2.20 bits per heavy atom. The lowest BCUT2D eigenvalue weighted by atomic mass is 10.1. The highest BCUT2D eigenvalue weighted by atomic mass is 32.2. The maximum atomic E-state index is 12.2. The number of benzene rings is 2. The van der Waals surface area contributed by atoms with E-state index in [9.17, 15) is 13.2 Å². The maximum absolute atomic E-state index is 12.2. The molecule has 2 aromatic rings. The number of aryl methyl sites for hydroxylation is 1. The van der Waals surface area contributed by atoms with Crippen LogP contribution in [0.1, 0.15) is 41.8 Å². The quantitative estimate of drug-likeness (QED) is 0.797. The van der Waals surface area contributed by atoms with E-state index in [4.69, 9.17) is 0 Å². The summed E-state index contributed by atoms with van der Waals surface area (Å²) in [6.07, 6.45) is 0.707. The molecule has 6 heteroatoms. The second-order valence-corrected chi connectivity index (χ2v) is 7.84. The van der Waals surface area contributed by atoms with Gasteiger partial charge in [0, 0.05) is 18.2 Å². The van der Waals surface area contributed by atoms with Gasteiger partial charge < -0.3 is 5.32 Å². The van der Waals surface area contributed by atoms with Crippen molar-refractivity contribution >= 4 is 15.9 Å². The summed E-state index contributed by atoms with van der Waals surface area (Å²) in [4.78, 5) is 12.3. The summed E-state index contributed by atoms with van der Waals surface area (Å²) in [6.45, 7) is 6.15. The van der Waals surface area contributed by atoms with Crippen LogP contribution >= 0.6 is 0 Å². The molecule has 0 spiro atoms. The summed E-state index contributed by atoms with van der Waals surface area (Å²) in [5, 5.41) is 2.83. The van der Waals surface area contributed by atoms with Crippen LogP contribution in [0.2, 0.25) is 0 Å². The van der Waals surface area contributed by atoms with E-state index in [0.29, 0.717) is 18.5 Å². The number of nitrogens with one attached hydrogen (secondary N) is 2. The number of amides is 1. The number of hydrogen-bond acceptors (Lipinski definition) is 3. The van der Waals surface area contributed by atoms with E-state index < -0.39 is 10.0 Å². The standard InChI is InChI=1S/C19H24N2O3S/c1-4-15(3)21-25(23,24)18-11-9-17(10-12-18)19(22)20-13-16-7-5-14(2)6-8-16/h5-12,15,21H,4,13H2,1-3H3,(H,20,22)/t15-/m1/s1. The van der Waals surface area contributed by atoms with Crippen molar-refractivity contribution in [2.75, 3.05) is 0 Å². The van der Waals surface area contributed by atoms with E-state index >= 15 is 0 Å². The van der Waals surface area contributed by atoms with Gasteiger partial charge in [-0.25, -0.2) is 13.1 Å². The molecule has 0 unspecified atom stereocenters. The van der Waals surface area contributed by atoms with Crippen LogP contribution in [0.25, 0.3) is 0 Å². The zero-order chi connectivity index (χ0) is 18.4. The summed E-state index contributed by atoms with van der Waals surface area (Å²) in [6, 6.07) is 13.7. The Hall–Kier alpha value is -2.18. The highest BCUT2D eigenvalue weighted by Crippen LogP contribution is 2.12. The van der Waals surface area contributed by atoms with Gasteiger partial charge in [-0.2, -0.15) is 0 Å². The lowest BCUT2D eigenvalue weighted by Crippen LogP contribution is -2.32. The zero-order valence-electron chi connectivity index (χ0n) is 14.7. The molecule has 0 saturated heterocycles. The second kappa shape index (κ2) is 8.27. The van der Waals surface area contributed by atoms with Crippen molar-refractivity contribution in [3.63, 3.8) is 0 Å². The zero-order valence-corrected chi connectivity index (χ0v) is 15.6. The molecule has 0 heterocycles. The summed E-state index contributed by atoms with van der Waals surface area (Å²) in [7, 11) is -3.56. The Labute approximate surface area is 149 Å². The number of rotatable bonds is 7. The molecule has 0 radical (unpaired) electrons. The van der Waals surface area contributed by atoms with E-state index in [1.165, 1.54) is 24.3 Å². The third-order valence-electron chi connectivity index (χ3n) is 3.97. The molecular formula is C19H24N2O3S. The van der Waals surface area contributed by atoms with Crippen LogP contribution < -0.4 is 10.0 Å². The van der Waals surface area contributed by atoms with Crippen LogP contribution in [0.15, 0.2) is 53.4 Å². The van der Waals surface area contributed by atoms with E-state index in [1.54, 1.807) is 0 Å². The van der Waals surface area contributed by atoms with Gasteiger partial charge in [0.15, 0.2) is 0 Å². The molecular weight excluding hydrogens is 336 g/mol. The Morgan fingerprint density at radius 1 is 1.04 bits per heavy atom. The molecule has 0 aromatic heterocycles. The normalized spacial score (nSPS) is 12.6. The van der Waals surface area contributed by atoms with Gasteiger partial charge in [0.05, 0.1) is 4.90 Å². The highest BCUT2D eigenvalue weighted by Gasteiger charge is 2.17. The van der Waals surface area contributed by atoms with Crippen molar-refractivity contribution in [2.45, 2.75) is 44.7 Å². The molecule has 0 bridgehead atoms. The highest BCUT2D eigenvalue weighted by molar-refractivity contribution is 7.89. The van der Waals surface area contributed by atoms with Gasteiger partial charge in [0.1, 0.15) is 0 Å². The Balaban J connectivity index is 2.01. The molecule has 2 N–H and O–H groups in total. The Morgan fingerprint density at radius 2 is 1.64 bits per heavy atom. The SMILES string of the molecule is CC[C@@H](C)NS(=O)(=O)c1ccc(C(=O)NCc2ccc(C)cc2)cc1. The van der Waals surface area contributed by atoms with Gasteiger partial charge in [-0.3, -0.25) is 4.79 Å². The molecule has 0 aliphatic rings. The number of carbonyl (C=O) groups excluding carboxylic acids is 1. The molecule has 0 saturated carbocycles. The number of hydrogen-bond donors (Lipinski definition) is 2. The first-order valence-electron chi connectivity index (χ1n) is 8.28. The first-order valence-corrected chi connectivity index (χ1v) is 9.76. The fourth-order valence-corrected chi connectivity index (χ4v) is 3.52. The Kier molecular flexibility index (Phi) is 6.33. The van der Waals surface area contributed by atoms with Crippen molar-refractivity contribution < 1.29 is 13.2 Å². The second-order valence-electron chi connectivity index (χ2n) is 6.12. The fourth-order valence-electron chi connectivity index (χ4n) is 2.19. The van der Waals surface area contributed by atoms with Crippen LogP contribution in [-0.4, -0.2) is 20.4 Å². The minimum absolute atomic E-state index is 0.137. The summed E-state index contributed by atoms with van der Waals surface area (Å²) >= 11 is 0. The van der Waals surface area contributed by atoms with Gasteiger partial charge in [-0.1, -0.05) is 36.8 Å². The van der Waals surface area contributed by atoms with Crippen LogP contribution in [0.4, 0.5) is 0 Å². The molecule has 0 aliphatic carbocycles. The lowest BCUT2D eigenvalue weighted by Gasteiger charge is -2.12. The van der Waals surface area contributed by atoms with E-state index in [-0.39, 0.29) is 16.8 Å². The van der Waals surface area contributed by atoms with Crippen LogP contribution in [0.5, 0.6) is 0 Å². The van der Waals surface area contributed by atoms with E-state index in [0.717, 1.165) is 11.1 Å². The molecule has 1 amide bonds. The molecule has 0 fully saturated rings. The van der Waals surface area contributed by atoms with Crippen LogP contribution in [-0.2, 0) is 16.6 Å². The van der Waals surface area contributed by atoms with Crippen molar-refractivity contribution in [1.82, 2.24) is 10.0 Å². The van der Waals surface area contributed by atoms with E-state index in [2.05, 4.69) is 10.0 Å². The summed E-state index contributed by atoms with van der Waals surface area (Å²) in [5.41, 5.74) is 2.60. The predicted octanol–water partition coefficient (Wildman–Crippen LogP) is 3.00. The minimum Gasteiger partial charge on any atom is -0.348 e.